The number of hydrogen-bond acceptors (Lipinski definition) is 4. The van der Waals surface area contributed by atoms with E-state index >= 15 is 0 Å². The molecule has 3 rings (SSSR count). The molecular formula is C17H16F3N5. The Morgan fingerprint density at radius 1 is 1.12 bits per heavy atom. The van der Waals surface area contributed by atoms with Crippen molar-refractivity contribution in [1.29, 1.82) is 0 Å². The summed E-state index contributed by atoms with van der Waals surface area (Å²) in [6, 6.07) is 10.3. The minimum atomic E-state index is -4.55. The van der Waals surface area contributed by atoms with Gasteiger partial charge in [-0.1, -0.05) is 30.3 Å². The molecule has 130 valence electrons. The highest BCUT2D eigenvalue weighted by Gasteiger charge is 2.34. The van der Waals surface area contributed by atoms with Crippen LogP contribution in [0.25, 0.3) is 11.3 Å². The van der Waals surface area contributed by atoms with E-state index in [1.165, 1.54) is 6.20 Å². The van der Waals surface area contributed by atoms with Gasteiger partial charge in [-0.3, -0.25) is 4.68 Å². The zero-order chi connectivity index (χ0) is 17.9. The van der Waals surface area contributed by atoms with Gasteiger partial charge in [0.1, 0.15) is 0 Å². The summed E-state index contributed by atoms with van der Waals surface area (Å²) in [5, 5.41) is 6.94. The summed E-state index contributed by atoms with van der Waals surface area (Å²) in [4.78, 5) is 7.80. The number of alkyl halides is 3. The molecule has 0 spiro atoms. The van der Waals surface area contributed by atoms with Gasteiger partial charge >= 0.3 is 6.18 Å². The van der Waals surface area contributed by atoms with Crippen molar-refractivity contribution in [3.8, 4) is 11.3 Å². The lowest BCUT2D eigenvalue weighted by atomic mass is 10.2. The molecule has 1 N–H and O–H groups in total. The second-order valence-electron chi connectivity index (χ2n) is 5.38. The lowest BCUT2D eigenvalue weighted by Crippen LogP contribution is -2.12. The molecular weight excluding hydrogens is 331 g/mol. The largest absolute Gasteiger partial charge is 0.433 e. The van der Waals surface area contributed by atoms with Crippen molar-refractivity contribution >= 4 is 5.95 Å². The standard InChI is InChI=1S/C17H16F3N5/c1-2-25-11-13(10-22-25)14-8-15(17(18,19)20)24-16(23-14)21-9-12-6-4-3-5-7-12/h3-8,10-11H,2,9H2,1H3,(H,21,23,24). The third-order valence-corrected chi connectivity index (χ3v) is 3.56. The predicted octanol–water partition coefficient (Wildman–Crippen LogP) is 3.99. The molecule has 0 saturated carbocycles. The average Bonchev–Trinajstić information content (AvgIpc) is 3.09. The van der Waals surface area contributed by atoms with Crippen LogP contribution >= 0.6 is 0 Å². The molecule has 0 amide bonds. The Labute approximate surface area is 142 Å². The highest BCUT2D eigenvalue weighted by atomic mass is 19.4. The van der Waals surface area contributed by atoms with Gasteiger partial charge in [-0.05, 0) is 18.6 Å². The van der Waals surface area contributed by atoms with Crippen LogP contribution in [0.15, 0.2) is 48.8 Å². The smallest absolute Gasteiger partial charge is 0.350 e. The molecule has 0 bridgehead atoms. The van der Waals surface area contributed by atoms with Crippen LogP contribution in [0.2, 0.25) is 0 Å². The van der Waals surface area contributed by atoms with E-state index < -0.39 is 11.9 Å². The topological polar surface area (TPSA) is 55.6 Å². The zero-order valence-corrected chi connectivity index (χ0v) is 13.5. The molecule has 25 heavy (non-hydrogen) atoms. The van der Waals surface area contributed by atoms with Crippen LogP contribution < -0.4 is 5.32 Å². The van der Waals surface area contributed by atoms with Crippen molar-refractivity contribution in [2.24, 2.45) is 0 Å². The first-order chi connectivity index (χ1) is 12.0. The van der Waals surface area contributed by atoms with Gasteiger partial charge in [-0.2, -0.15) is 18.3 Å². The summed E-state index contributed by atoms with van der Waals surface area (Å²) in [6.45, 7) is 2.84. The van der Waals surface area contributed by atoms with E-state index in [2.05, 4.69) is 20.4 Å². The van der Waals surface area contributed by atoms with Crippen LogP contribution in [0.5, 0.6) is 0 Å². The number of anilines is 1. The maximum absolute atomic E-state index is 13.2. The van der Waals surface area contributed by atoms with E-state index in [1.54, 1.807) is 10.9 Å². The Kier molecular flexibility index (Phi) is 4.69. The first-order valence-corrected chi connectivity index (χ1v) is 7.72. The van der Waals surface area contributed by atoms with Gasteiger partial charge in [0.05, 0.1) is 11.9 Å². The molecule has 8 heteroatoms. The van der Waals surface area contributed by atoms with Crippen LogP contribution in [0.1, 0.15) is 18.2 Å². The average molecular weight is 347 g/mol. The van der Waals surface area contributed by atoms with E-state index in [0.29, 0.717) is 18.7 Å². The Hall–Kier alpha value is -2.90. The lowest BCUT2D eigenvalue weighted by molar-refractivity contribution is -0.141. The summed E-state index contributed by atoms with van der Waals surface area (Å²) in [6.07, 6.45) is -1.40. The first-order valence-electron chi connectivity index (χ1n) is 7.72. The fourth-order valence-corrected chi connectivity index (χ4v) is 2.27. The van der Waals surface area contributed by atoms with Gasteiger partial charge in [-0.25, -0.2) is 9.97 Å². The molecule has 2 heterocycles. The maximum atomic E-state index is 13.2. The summed E-state index contributed by atoms with van der Waals surface area (Å²) in [7, 11) is 0. The van der Waals surface area contributed by atoms with Gasteiger partial charge in [-0.15, -0.1) is 0 Å². The molecule has 5 nitrogen and oxygen atoms in total. The Balaban J connectivity index is 1.92. The Morgan fingerprint density at radius 3 is 2.52 bits per heavy atom. The monoisotopic (exact) mass is 347 g/mol. The first kappa shape index (κ1) is 16.9. The van der Waals surface area contributed by atoms with Gasteiger partial charge in [0.15, 0.2) is 5.69 Å². The number of aryl methyl sites for hydroxylation is 1. The number of halogens is 3. The Bertz CT molecular complexity index is 843. The van der Waals surface area contributed by atoms with Gasteiger partial charge in [0.25, 0.3) is 0 Å². The van der Waals surface area contributed by atoms with Crippen LogP contribution in [0, 0.1) is 0 Å². The summed E-state index contributed by atoms with van der Waals surface area (Å²) in [5.74, 6) is -0.0714. The van der Waals surface area contributed by atoms with Crippen LogP contribution in [-0.2, 0) is 19.3 Å². The Morgan fingerprint density at radius 2 is 1.88 bits per heavy atom. The quantitative estimate of drug-likeness (QED) is 0.758. The number of benzene rings is 1. The highest BCUT2D eigenvalue weighted by molar-refractivity contribution is 5.59. The molecule has 3 aromatic rings. The van der Waals surface area contributed by atoms with E-state index in [9.17, 15) is 13.2 Å². The van der Waals surface area contributed by atoms with Gasteiger partial charge in [0, 0.05) is 24.8 Å². The second kappa shape index (κ2) is 6.92. The number of rotatable bonds is 5. The maximum Gasteiger partial charge on any atom is 0.433 e. The summed E-state index contributed by atoms with van der Waals surface area (Å²) < 4.78 is 41.1. The second-order valence-corrected chi connectivity index (χ2v) is 5.38. The molecule has 0 fully saturated rings. The molecule has 0 atom stereocenters. The van der Waals surface area contributed by atoms with E-state index in [4.69, 9.17) is 0 Å². The minimum absolute atomic E-state index is 0.0714. The summed E-state index contributed by atoms with van der Waals surface area (Å²) in [5.41, 5.74) is 0.622. The fourth-order valence-electron chi connectivity index (χ4n) is 2.27. The number of aromatic nitrogens is 4. The fraction of sp³-hybridized carbons (Fsp3) is 0.235. The van der Waals surface area contributed by atoms with Crippen LogP contribution in [-0.4, -0.2) is 19.7 Å². The normalized spacial score (nSPS) is 11.5. The number of nitrogens with zero attached hydrogens (tertiary/aromatic N) is 4. The zero-order valence-electron chi connectivity index (χ0n) is 13.5. The molecule has 0 radical (unpaired) electrons. The predicted molar refractivity (Wildman–Crippen MR) is 87.7 cm³/mol. The number of nitrogens with one attached hydrogen (secondary N) is 1. The molecule has 0 saturated heterocycles. The van der Waals surface area contributed by atoms with Gasteiger partial charge in [0.2, 0.25) is 5.95 Å². The van der Waals surface area contributed by atoms with E-state index in [-0.39, 0.29) is 11.6 Å². The lowest BCUT2D eigenvalue weighted by Gasteiger charge is -2.11. The molecule has 1 aromatic carbocycles. The van der Waals surface area contributed by atoms with Crippen molar-refractivity contribution in [2.45, 2.75) is 26.2 Å². The summed E-state index contributed by atoms with van der Waals surface area (Å²) >= 11 is 0. The molecule has 0 unspecified atom stereocenters. The minimum Gasteiger partial charge on any atom is -0.350 e. The third kappa shape index (κ3) is 4.14. The number of hydrogen-bond donors (Lipinski definition) is 1. The van der Waals surface area contributed by atoms with E-state index in [1.807, 2.05) is 37.3 Å². The van der Waals surface area contributed by atoms with Crippen molar-refractivity contribution < 1.29 is 13.2 Å². The van der Waals surface area contributed by atoms with Crippen molar-refractivity contribution in [2.75, 3.05) is 5.32 Å². The SMILES string of the molecule is CCn1cc(-c2cc(C(F)(F)F)nc(NCc3ccccc3)n2)cn1. The van der Waals surface area contributed by atoms with Crippen molar-refractivity contribution in [1.82, 2.24) is 19.7 Å². The molecule has 0 aliphatic heterocycles. The van der Waals surface area contributed by atoms with Crippen molar-refractivity contribution in [3.63, 3.8) is 0 Å². The van der Waals surface area contributed by atoms with Crippen LogP contribution in [0.3, 0.4) is 0 Å². The van der Waals surface area contributed by atoms with Crippen molar-refractivity contribution in [3.05, 3.63) is 60.0 Å². The third-order valence-electron chi connectivity index (χ3n) is 3.56. The highest BCUT2D eigenvalue weighted by Crippen LogP contribution is 2.31. The van der Waals surface area contributed by atoms with Crippen LogP contribution in [0.4, 0.5) is 19.1 Å². The van der Waals surface area contributed by atoms with E-state index in [0.717, 1.165) is 11.6 Å². The molecule has 2 aromatic heterocycles. The molecule has 0 aliphatic rings. The van der Waals surface area contributed by atoms with Gasteiger partial charge < -0.3 is 5.32 Å². The molecule has 0 aliphatic carbocycles.